The predicted octanol–water partition coefficient (Wildman–Crippen LogP) is 2.94. The summed E-state index contributed by atoms with van der Waals surface area (Å²) >= 11 is 0. The number of rotatable bonds is 6. The fraction of sp³-hybridized carbons (Fsp3) is 0.350. The van der Waals surface area contributed by atoms with Crippen molar-refractivity contribution in [2.75, 3.05) is 34.4 Å². The third kappa shape index (κ3) is 3.37. The first-order valence-corrected chi connectivity index (χ1v) is 8.21. The molecule has 0 aliphatic carbocycles. The van der Waals surface area contributed by atoms with Crippen LogP contribution in [-0.4, -0.2) is 45.2 Å². The summed E-state index contributed by atoms with van der Waals surface area (Å²) in [6.07, 6.45) is 4.19. The van der Waals surface area contributed by atoms with Crippen molar-refractivity contribution >= 4 is 6.21 Å². The molecule has 0 fully saturated rings. The van der Waals surface area contributed by atoms with E-state index in [2.05, 4.69) is 35.1 Å². The second kappa shape index (κ2) is 7.39. The maximum atomic E-state index is 5.44. The highest BCUT2D eigenvalue weighted by molar-refractivity contribution is 5.80. The molecule has 0 unspecified atom stereocenters. The lowest BCUT2D eigenvalue weighted by Crippen LogP contribution is -2.25. The molecule has 0 spiro atoms. The molecule has 0 saturated carbocycles. The van der Waals surface area contributed by atoms with Crippen molar-refractivity contribution in [1.82, 2.24) is 0 Å². The van der Waals surface area contributed by atoms with Gasteiger partial charge in [-0.2, -0.15) is 0 Å². The van der Waals surface area contributed by atoms with E-state index in [1.165, 1.54) is 16.7 Å². The smallest absolute Gasteiger partial charge is 0.171 e. The average Bonchev–Trinajstić information content (AvgIpc) is 2.65. The lowest BCUT2D eigenvalue weighted by Gasteiger charge is -2.16. The number of nitrogens with zero attached hydrogens (tertiary/aromatic N) is 1. The SMILES string of the molecule is COc1ccccc1CC[N+]1=Cc2cc(OC)c(OC)cc2CC1. The highest BCUT2D eigenvalue weighted by atomic mass is 16.5. The van der Waals surface area contributed by atoms with E-state index < -0.39 is 0 Å². The van der Waals surface area contributed by atoms with Crippen molar-refractivity contribution in [2.45, 2.75) is 12.8 Å². The molecule has 2 aromatic rings. The molecule has 0 saturated heterocycles. The summed E-state index contributed by atoms with van der Waals surface area (Å²) in [5.74, 6) is 2.53. The van der Waals surface area contributed by atoms with Crippen molar-refractivity contribution in [3.63, 3.8) is 0 Å². The number of methoxy groups -OCH3 is 3. The second-order valence-electron chi connectivity index (χ2n) is 5.88. The Kier molecular flexibility index (Phi) is 5.04. The van der Waals surface area contributed by atoms with Gasteiger partial charge < -0.3 is 14.2 Å². The van der Waals surface area contributed by atoms with Gasteiger partial charge in [-0.1, -0.05) is 18.2 Å². The molecule has 1 aliphatic rings. The van der Waals surface area contributed by atoms with Crippen LogP contribution < -0.4 is 14.2 Å². The Bertz CT molecular complexity index is 753. The molecule has 126 valence electrons. The third-order valence-corrected chi connectivity index (χ3v) is 4.50. The van der Waals surface area contributed by atoms with Crippen LogP contribution in [0.2, 0.25) is 0 Å². The quantitative estimate of drug-likeness (QED) is 0.765. The molecule has 0 atom stereocenters. The van der Waals surface area contributed by atoms with E-state index in [9.17, 15) is 0 Å². The van der Waals surface area contributed by atoms with Crippen molar-refractivity contribution in [2.24, 2.45) is 0 Å². The van der Waals surface area contributed by atoms with Gasteiger partial charge in [0.15, 0.2) is 17.7 Å². The van der Waals surface area contributed by atoms with Crippen molar-refractivity contribution in [1.29, 1.82) is 0 Å². The summed E-state index contributed by atoms with van der Waals surface area (Å²) in [6.45, 7) is 1.98. The van der Waals surface area contributed by atoms with E-state index >= 15 is 0 Å². The number of hydrogen-bond acceptors (Lipinski definition) is 3. The largest absolute Gasteiger partial charge is 0.496 e. The van der Waals surface area contributed by atoms with E-state index in [1.807, 2.05) is 12.1 Å². The molecule has 0 aromatic heterocycles. The van der Waals surface area contributed by atoms with E-state index in [0.717, 1.165) is 43.2 Å². The molecule has 3 rings (SSSR count). The van der Waals surface area contributed by atoms with Gasteiger partial charge in [0.1, 0.15) is 18.8 Å². The van der Waals surface area contributed by atoms with Gasteiger partial charge in [-0.3, -0.25) is 0 Å². The van der Waals surface area contributed by atoms with E-state index in [1.54, 1.807) is 21.3 Å². The first kappa shape index (κ1) is 16.4. The van der Waals surface area contributed by atoms with Crippen LogP contribution in [0.5, 0.6) is 17.2 Å². The molecule has 4 heteroatoms. The molecule has 0 N–H and O–H groups in total. The zero-order valence-electron chi connectivity index (χ0n) is 14.5. The van der Waals surface area contributed by atoms with Crippen LogP contribution in [0, 0.1) is 0 Å². The van der Waals surface area contributed by atoms with Gasteiger partial charge in [0.2, 0.25) is 0 Å². The summed E-state index contributed by atoms with van der Waals surface area (Å²) in [5, 5.41) is 0. The maximum Gasteiger partial charge on any atom is 0.171 e. The number of benzene rings is 2. The highest BCUT2D eigenvalue weighted by Gasteiger charge is 2.19. The summed E-state index contributed by atoms with van der Waals surface area (Å²) in [4.78, 5) is 0. The van der Waals surface area contributed by atoms with Gasteiger partial charge in [-0.15, -0.1) is 0 Å². The fourth-order valence-corrected chi connectivity index (χ4v) is 3.15. The lowest BCUT2D eigenvalue weighted by atomic mass is 10.0. The Hall–Kier alpha value is -2.49. The minimum atomic E-state index is 0.777. The standard InChI is InChI=1S/C20H24NO3/c1-22-18-7-5-4-6-15(18)8-10-21-11-9-16-12-19(23-2)20(24-3)13-17(16)14-21/h4-7,12-14H,8-11H2,1-3H3/q+1. The molecule has 0 bridgehead atoms. The van der Waals surface area contributed by atoms with E-state index in [-0.39, 0.29) is 0 Å². The van der Waals surface area contributed by atoms with Gasteiger partial charge in [-0.05, 0) is 23.8 Å². The zero-order valence-corrected chi connectivity index (χ0v) is 14.5. The van der Waals surface area contributed by atoms with Crippen LogP contribution in [0.3, 0.4) is 0 Å². The molecule has 2 aromatic carbocycles. The first-order valence-electron chi connectivity index (χ1n) is 8.21. The maximum absolute atomic E-state index is 5.44. The molecular formula is C20H24NO3+. The second-order valence-corrected chi connectivity index (χ2v) is 5.88. The number of ether oxygens (including phenoxy) is 3. The minimum Gasteiger partial charge on any atom is -0.496 e. The normalized spacial score (nSPS) is 13.0. The van der Waals surface area contributed by atoms with Crippen LogP contribution in [-0.2, 0) is 12.8 Å². The predicted molar refractivity (Wildman–Crippen MR) is 95.1 cm³/mol. The van der Waals surface area contributed by atoms with E-state index in [4.69, 9.17) is 14.2 Å². The Morgan fingerprint density at radius 1 is 0.917 bits per heavy atom. The molecule has 0 amide bonds. The molecule has 1 heterocycles. The van der Waals surface area contributed by atoms with Gasteiger partial charge >= 0.3 is 0 Å². The molecule has 0 radical (unpaired) electrons. The number of hydrogen-bond donors (Lipinski definition) is 0. The zero-order chi connectivity index (χ0) is 16.9. The minimum absolute atomic E-state index is 0.777. The highest BCUT2D eigenvalue weighted by Crippen LogP contribution is 2.31. The summed E-state index contributed by atoms with van der Waals surface area (Å²) < 4.78 is 18.6. The van der Waals surface area contributed by atoms with Crippen LogP contribution in [0.15, 0.2) is 36.4 Å². The van der Waals surface area contributed by atoms with Crippen molar-refractivity contribution < 1.29 is 18.8 Å². The van der Waals surface area contributed by atoms with E-state index in [0.29, 0.717) is 0 Å². The monoisotopic (exact) mass is 326 g/mol. The molecular weight excluding hydrogens is 302 g/mol. The first-order chi connectivity index (χ1) is 11.7. The van der Waals surface area contributed by atoms with Crippen LogP contribution in [0.25, 0.3) is 0 Å². The lowest BCUT2D eigenvalue weighted by molar-refractivity contribution is -0.523. The van der Waals surface area contributed by atoms with Crippen molar-refractivity contribution in [3.05, 3.63) is 53.1 Å². The van der Waals surface area contributed by atoms with Gasteiger partial charge in [-0.25, -0.2) is 4.58 Å². The van der Waals surface area contributed by atoms with Crippen molar-refractivity contribution in [3.8, 4) is 17.2 Å². The molecule has 1 aliphatic heterocycles. The Morgan fingerprint density at radius 2 is 1.62 bits per heavy atom. The Balaban J connectivity index is 1.78. The van der Waals surface area contributed by atoms with Crippen LogP contribution in [0.4, 0.5) is 0 Å². The summed E-state index contributed by atoms with van der Waals surface area (Å²) in [7, 11) is 5.07. The van der Waals surface area contributed by atoms with Gasteiger partial charge in [0, 0.05) is 24.0 Å². The van der Waals surface area contributed by atoms with Gasteiger partial charge in [0.25, 0.3) is 0 Å². The Morgan fingerprint density at radius 3 is 2.38 bits per heavy atom. The molecule has 4 nitrogen and oxygen atoms in total. The van der Waals surface area contributed by atoms with Crippen LogP contribution in [0.1, 0.15) is 16.7 Å². The topological polar surface area (TPSA) is 30.7 Å². The summed E-state index contributed by atoms with van der Waals surface area (Å²) in [5.41, 5.74) is 3.76. The van der Waals surface area contributed by atoms with Gasteiger partial charge in [0.05, 0.1) is 21.3 Å². The summed E-state index contributed by atoms with van der Waals surface area (Å²) in [6, 6.07) is 12.4. The number of para-hydroxylation sites is 1. The van der Waals surface area contributed by atoms with Crippen LogP contribution >= 0.6 is 0 Å². The number of fused-ring (bicyclic) bond motifs is 1. The third-order valence-electron chi connectivity index (χ3n) is 4.50. The average molecular weight is 326 g/mol. The fourth-order valence-electron chi connectivity index (χ4n) is 3.15. The molecule has 24 heavy (non-hydrogen) atoms. The Labute approximate surface area is 143 Å².